The number of hydrogen-bond acceptors (Lipinski definition) is 2. The lowest BCUT2D eigenvalue weighted by molar-refractivity contribution is 1.31. The van der Waals surface area contributed by atoms with Crippen LogP contribution < -0.4 is 0 Å². The number of rotatable bonds is 2. The Morgan fingerprint density at radius 3 is 2.32 bits per heavy atom. The Balaban J connectivity index is 1.95. The molecule has 2 aromatic carbocycles. The summed E-state index contributed by atoms with van der Waals surface area (Å²) in [6.07, 6.45) is 1.82. The third-order valence-electron chi connectivity index (χ3n) is 2.95. The van der Waals surface area contributed by atoms with Gasteiger partial charge in [0.2, 0.25) is 0 Å². The molecular weight excluding hydrogens is 234 g/mol. The molecule has 1 heterocycles. The molecule has 0 saturated heterocycles. The number of aromatic amines is 1. The van der Waals surface area contributed by atoms with Crippen LogP contribution >= 0.6 is 0 Å². The van der Waals surface area contributed by atoms with Crippen LogP contribution in [0, 0.1) is 11.3 Å². The average Bonchev–Trinajstić information content (AvgIpc) is 2.98. The van der Waals surface area contributed by atoms with Gasteiger partial charge in [0, 0.05) is 5.56 Å². The van der Waals surface area contributed by atoms with Gasteiger partial charge in [-0.15, -0.1) is 0 Å². The molecule has 0 radical (unpaired) electrons. The molecule has 3 aromatic rings. The summed E-state index contributed by atoms with van der Waals surface area (Å²) in [7, 11) is 0. The standard InChI is InChI=1S/C16H11N3/c17-10-12-6-8-14(9-7-12)16-18-11-15(19-16)13-4-2-1-3-5-13/h1-9,11H,(H,18,19). The van der Waals surface area contributed by atoms with E-state index in [9.17, 15) is 0 Å². The van der Waals surface area contributed by atoms with Crippen molar-refractivity contribution in [3.8, 4) is 28.7 Å². The number of nitriles is 1. The molecule has 90 valence electrons. The lowest BCUT2D eigenvalue weighted by atomic mass is 10.1. The van der Waals surface area contributed by atoms with Crippen LogP contribution in [0.3, 0.4) is 0 Å². The molecule has 1 N–H and O–H groups in total. The summed E-state index contributed by atoms with van der Waals surface area (Å²) < 4.78 is 0. The highest BCUT2D eigenvalue weighted by molar-refractivity contribution is 5.64. The monoisotopic (exact) mass is 245 g/mol. The zero-order valence-electron chi connectivity index (χ0n) is 10.2. The van der Waals surface area contributed by atoms with Crippen molar-refractivity contribution in [1.29, 1.82) is 5.26 Å². The Labute approximate surface area is 111 Å². The van der Waals surface area contributed by atoms with E-state index in [1.165, 1.54) is 0 Å². The first-order chi connectivity index (χ1) is 9.36. The van der Waals surface area contributed by atoms with Crippen molar-refractivity contribution in [3.05, 3.63) is 66.4 Å². The number of nitrogens with zero attached hydrogens (tertiary/aromatic N) is 2. The van der Waals surface area contributed by atoms with E-state index in [-0.39, 0.29) is 0 Å². The van der Waals surface area contributed by atoms with E-state index < -0.39 is 0 Å². The van der Waals surface area contributed by atoms with Crippen molar-refractivity contribution >= 4 is 0 Å². The largest absolute Gasteiger partial charge is 0.338 e. The molecule has 0 aliphatic carbocycles. The maximum Gasteiger partial charge on any atom is 0.137 e. The zero-order chi connectivity index (χ0) is 13.1. The number of nitrogens with one attached hydrogen (secondary N) is 1. The van der Waals surface area contributed by atoms with E-state index in [1.807, 2.05) is 48.7 Å². The minimum atomic E-state index is 0.651. The molecule has 3 rings (SSSR count). The summed E-state index contributed by atoms with van der Waals surface area (Å²) in [5.41, 5.74) is 3.72. The SMILES string of the molecule is N#Cc1ccc(-c2ncc(-c3ccccc3)[nH]2)cc1. The molecule has 0 amide bonds. The van der Waals surface area contributed by atoms with Gasteiger partial charge in [-0.3, -0.25) is 0 Å². The Morgan fingerprint density at radius 2 is 1.63 bits per heavy atom. The highest BCUT2D eigenvalue weighted by Gasteiger charge is 2.04. The molecule has 0 saturated carbocycles. The first-order valence-corrected chi connectivity index (χ1v) is 5.98. The third kappa shape index (κ3) is 2.24. The summed E-state index contributed by atoms with van der Waals surface area (Å²) in [6, 6.07) is 19.5. The summed E-state index contributed by atoms with van der Waals surface area (Å²) in [6.45, 7) is 0. The van der Waals surface area contributed by atoms with Gasteiger partial charge in [0.25, 0.3) is 0 Å². The lowest BCUT2D eigenvalue weighted by Crippen LogP contribution is -1.82. The summed E-state index contributed by atoms with van der Waals surface area (Å²) in [4.78, 5) is 7.67. The van der Waals surface area contributed by atoms with Gasteiger partial charge in [0.15, 0.2) is 0 Å². The van der Waals surface area contributed by atoms with Crippen molar-refractivity contribution in [2.24, 2.45) is 0 Å². The average molecular weight is 245 g/mol. The van der Waals surface area contributed by atoms with Crippen LogP contribution in [0.15, 0.2) is 60.8 Å². The molecule has 0 spiro atoms. The van der Waals surface area contributed by atoms with Gasteiger partial charge in [-0.05, 0) is 29.8 Å². The predicted octanol–water partition coefficient (Wildman–Crippen LogP) is 3.62. The predicted molar refractivity (Wildman–Crippen MR) is 74.2 cm³/mol. The van der Waals surface area contributed by atoms with Crippen LogP contribution in [0.4, 0.5) is 0 Å². The van der Waals surface area contributed by atoms with E-state index in [0.29, 0.717) is 5.56 Å². The Morgan fingerprint density at radius 1 is 0.895 bits per heavy atom. The second-order valence-corrected chi connectivity index (χ2v) is 4.20. The lowest BCUT2D eigenvalue weighted by Gasteiger charge is -1.98. The molecule has 0 unspecified atom stereocenters. The first-order valence-electron chi connectivity index (χ1n) is 5.98. The molecule has 0 atom stereocenters. The van der Waals surface area contributed by atoms with Crippen LogP contribution in [-0.4, -0.2) is 9.97 Å². The van der Waals surface area contributed by atoms with Crippen LogP contribution in [0.25, 0.3) is 22.6 Å². The van der Waals surface area contributed by atoms with Crippen molar-refractivity contribution in [1.82, 2.24) is 9.97 Å². The van der Waals surface area contributed by atoms with Crippen LogP contribution in [-0.2, 0) is 0 Å². The summed E-state index contributed by atoms with van der Waals surface area (Å²) in [5, 5.41) is 8.78. The minimum Gasteiger partial charge on any atom is -0.338 e. The maximum absolute atomic E-state index is 8.78. The smallest absolute Gasteiger partial charge is 0.137 e. The second kappa shape index (κ2) is 4.79. The highest BCUT2D eigenvalue weighted by Crippen LogP contribution is 2.21. The molecule has 3 heteroatoms. The number of benzene rings is 2. The van der Waals surface area contributed by atoms with Crippen molar-refractivity contribution in [2.75, 3.05) is 0 Å². The van der Waals surface area contributed by atoms with Gasteiger partial charge in [0.05, 0.1) is 23.5 Å². The highest BCUT2D eigenvalue weighted by atomic mass is 14.9. The molecule has 0 fully saturated rings. The van der Waals surface area contributed by atoms with Crippen LogP contribution in [0.2, 0.25) is 0 Å². The van der Waals surface area contributed by atoms with E-state index in [0.717, 1.165) is 22.6 Å². The Bertz CT molecular complexity index is 719. The number of H-pyrrole nitrogens is 1. The van der Waals surface area contributed by atoms with Gasteiger partial charge < -0.3 is 4.98 Å². The van der Waals surface area contributed by atoms with Gasteiger partial charge in [0.1, 0.15) is 5.82 Å². The number of hydrogen-bond donors (Lipinski definition) is 1. The molecular formula is C16H11N3. The van der Waals surface area contributed by atoms with Crippen molar-refractivity contribution in [3.63, 3.8) is 0 Å². The fourth-order valence-corrected chi connectivity index (χ4v) is 1.93. The van der Waals surface area contributed by atoms with Gasteiger partial charge >= 0.3 is 0 Å². The first kappa shape index (κ1) is 11.2. The van der Waals surface area contributed by atoms with Crippen LogP contribution in [0.1, 0.15) is 5.56 Å². The van der Waals surface area contributed by atoms with Crippen molar-refractivity contribution in [2.45, 2.75) is 0 Å². The molecule has 19 heavy (non-hydrogen) atoms. The third-order valence-corrected chi connectivity index (χ3v) is 2.95. The second-order valence-electron chi connectivity index (χ2n) is 4.20. The molecule has 3 nitrogen and oxygen atoms in total. The van der Waals surface area contributed by atoms with Gasteiger partial charge in [-0.1, -0.05) is 30.3 Å². The van der Waals surface area contributed by atoms with Crippen molar-refractivity contribution < 1.29 is 0 Å². The van der Waals surface area contributed by atoms with E-state index >= 15 is 0 Å². The fraction of sp³-hybridized carbons (Fsp3) is 0. The quantitative estimate of drug-likeness (QED) is 0.749. The number of aromatic nitrogens is 2. The molecule has 0 aliphatic rings. The summed E-state index contributed by atoms with van der Waals surface area (Å²) >= 11 is 0. The number of imidazole rings is 1. The topological polar surface area (TPSA) is 52.5 Å². The summed E-state index contributed by atoms with van der Waals surface area (Å²) in [5.74, 6) is 0.809. The Hall–Kier alpha value is -2.86. The Kier molecular flexibility index (Phi) is 2.83. The van der Waals surface area contributed by atoms with E-state index in [1.54, 1.807) is 12.1 Å². The molecule has 0 aliphatic heterocycles. The normalized spacial score (nSPS) is 10.1. The van der Waals surface area contributed by atoms with Gasteiger partial charge in [-0.2, -0.15) is 5.26 Å². The molecule has 1 aromatic heterocycles. The molecule has 0 bridgehead atoms. The van der Waals surface area contributed by atoms with E-state index in [4.69, 9.17) is 5.26 Å². The zero-order valence-corrected chi connectivity index (χ0v) is 10.2. The van der Waals surface area contributed by atoms with Gasteiger partial charge in [-0.25, -0.2) is 4.98 Å². The van der Waals surface area contributed by atoms with E-state index in [2.05, 4.69) is 16.0 Å². The minimum absolute atomic E-state index is 0.651. The van der Waals surface area contributed by atoms with Crippen LogP contribution in [0.5, 0.6) is 0 Å². The maximum atomic E-state index is 8.78. The fourth-order valence-electron chi connectivity index (χ4n) is 1.93.